The number of furan rings is 1. The average Bonchev–Trinajstić information content (AvgIpc) is 3.45. The van der Waals surface area contributed by atoms with Crippen LogP contribution in [0.15, 0.2) is 83.4 Å². The maximum Gasteiger partial charge on any atom is 0.174 e. The number of pyridine rings is 1. The van der Waals surface area contributed by atoms with E-state index in [1.165, 1.54) is 0 Å². The van der Waals surface area contributed by atoms with Crippen LogP contribution in [-0.2, 0) is 0 Å². The van der Waals surface area contributed by atoms with E-state index in [-0.39, 0.29) is 12.1 Å². The van der Waals surface area contributed by atoms with Gasteiger partial charge in [0.25, 0.3) is 0 Å². The van der Waals surface area contributed by atoms with Crippen LogP contribution in [0.2, 0.25) is 10.0 Å². The zero-order chi connectivity index (χ0) is 23.7. The van der Waals surface area contributed by atoms with Crippen molar-refractivity contribution in [3.05, 3.63) is 100 Å². The van der Waals surface area contributed by atoms with Gasteiger partial charge in [-0.3, -0.25) is 4.98 Å². The van der Waals surface area contributed by atoms with Crippen LogP contribution >= 0.6 is 35.4 Å². The van der Waals surface area contributed by atoms with Crippen molar-refractivity contribution in [2.75, 3.05) is 11.5 Å². The molecule has 0 radical (unpaired) electrons. The molecule has 5 rings (SSSR count). The molecule has 4 aromatic rings. The van der Waals surface area contributed by atoms with Gasteiger partial charge in [-0.2, -0.15) is 0 Å². The third-order valence-electron chi connectivity index (χ3n) is 5.64. The predicted octanol–water partition coefficient (Wildman–Crippen LogP) is 7.22. The Morgan fingerprint density at radius 1 is 1.06 bits per heavy atom. The lowest BCUT2D eigenvalue weighted by atomic mass is 10.0. The normalized spacial score (nSPS) is 17.6. The van der Waals surface area contributed by atoms with Crippen LogP contribution in [0.1, 0.15) is 30.5 Å². The van der Waals surface area contributed by atoms with Crippen molar-refractivity contribution in [2.24, 2.45) is 0 Å². The van der Waals surface area contributed by atoms with Crippen molar-refractivity contribution in [3.8, 4) is 17.1 Å². The third kappa shape index (κ3) is 4.37. The lowest BCUT2D eigenvalue weighted by Crippen LogP contribution is -2.29. The maximum atomic E-state index is 6.44. The number of nitrogens with zero attached hydrogens (tertiary/aromatic N) is 2. The van der Waals surface area contributed by atoms with Gasteiger partial charge in [-0.1, -0.05) is 29.3 Å². The molecule has 0 unspecified atom stereocenters. The topological polar surface area (TPSA) is 50.5 Å². The van der Waals surface area contributed by atoms with Crippen LogP contribution < -0.4 is 15.0 Å². The van der Waals surface area contributed by atoms with E-state index in [9.17, 15) is 0 Å². The SMILES string of the molecule is CCOc1ccc(N2C(=S)N[C@H](c3ccccn3)[C@@H]2c2ccc(-c3ccc(Cl)cc3Cl)o2)cc1. The van der Waals surface area contributed by atoms with Gasteiger partial charge >= 0.3 is 0 Å². The molecule has 8 heteroatoms. The molecule has 1 aliphatic rings. The highest BCUT2D eigenvalue weighted by Crippen LogP contribution is 2.43. The molecular formula is C26H21Cl2N3O2S. The molecule has 1 N–H and O–H groups in total. The standard InChI is InChI=1S/C26H21Cl2N3O2S/c1-2-32-18-9-7-17(8-10-18)31-25(24(30-26(31)34)21-5-3-4-14-29-21)23-13-12-22(33-23)19-11-6-16(27)15-20(19)28/h3-15,24-25H,2H2,1H3,(H,30,34)/t24-,25+/m1/s1. The predicted molar refractivity (Wildman–Crippen MR) is 140 cm³/mol. The van der Waals surface area contributed by atoms with Gasteiger partial charge < -0.3 is 19.4 Å². The van der Waals surface area contributed by atoms with Gasteiger partial charge in [0, 0.05) is 22.5 Å². The van der Waals surface area contributed by atoms with E-state index in [0.717, 1.165) is 28.5 Å². The molecule has 1 saturated heterocycles. The number of halogens is 2. The number of rotatable bonds is 6. The Morgan fingerprint density at radius 2 is 1.88 bits per heavy atom. The van der Waals surface area contributed by atoms with E-state index in [4.69, 9.17) is 44.6 Å². The molecule has 172 valence electrons. The summed E-state index contributed by atoms with van der Waals surface area (Å²) in [6.45, 7) is 2.57. The molecule has 2 aromatic carbocycles. The highest BCUT2D eigenvalue weighted by molar-refractivity contribution is 7.80. The summed E-state index contributed by atoms with van der Waals surface area (Å²) in [5, 5.41) is 5.12. The Labute approximate surface area is 213 Å². The fraction of sp³-hybridized carbons (Fsp3) is 0.154. The van der Waals surface area contributed by atoms with Crippen LogP contribution in [-0.4, -0.2) is 16.7 Å². The van der Waals surface area contributed by atoms with Crippen molar-refractivity contribution >= 4 is 46.2 Å². The Balaban J connectivity index is 1.57. The maximum absolute atomic E-state index is 6.44. The molecular weight excluding hydrogens is 489 g/mol. The summed E-state index contributed by atoms with van der Waals surface area (Å²) in [5.41, 5.74) is 2.56. The van der Waals surface area contributed by atoms with Gasteiger partial charge in [0.15, 0.2) is 5.11 Å². The molecule has 2 atom stereocenters. The first-order valence-corrected chi connectivity index (χ1v) is 12.0. The number of benzene rings is 2. The summed E-state index contributed by atoms with van der Waals surface area (Å²) >= 11 is 18.3. The van der Waals surface area contributed by atoms with Crippen molar-refractivity contribution in [1.82, 2.24) is 10.3 Å². The highest BCUT2D eigenvalue weighted by Gasteiger charge is 2.42. The molecule has 34 heavy (non-hydrogen) atoms. The second-order valence-corrected chi connectivity index (χ2v) is 8.98. The largest absolute Gasteiger partial charge is 0.494 e. The smallest absolute Gasteiger partial charge is 0.174 e. The first-order valence-electron chi connectivity index (χ1n) is 10.8. The molecule has 0 amide bonds. The number of ether oxygens (including phenoxy) is 1. The minimum absolute atomic E-state index is 0.208. The zero-order valence-electron chi connectivity index (χ0n) is 18.2. The number of aromatic nitrogens is 1. The summed E-state index contributed by atoms with van der Waals surface area (Å²) in [4.78, 5) is 6.63. The summed E-state index contributed by atoms with van der Waals surface area (Å²) in [5.74, 6) is 2.19. The van der Waals surface area contributed by atoms with Crippen LogP contribution in [0.4, 0.5) is 5.69 Å². The van der Waals surface area contributed by atoms with Crippen LogP contribution in [0, 0.1) is 0 Å². The molecule has 5 nitrogen and oxygen atoms in total. The molecule has 0 aliphatic carbocycles. The fourth-order valence-corrected chi connectivity index (χ4v) is 4.98. The second-order valence-electron chi connectivity index (χ2n) is 7.75. The van der Waals surface area contributed by atoms with Gasteiger partial charge in [-0.05, 0) is 85.9 Å². The van der Waals surface area contributed by atoms with Crippen LogP contribution in [0.5, 0.6) is 5.75 Å². The second kappa shape index (κ2) is 9.66. The van der Waals surface area contributed by atoms with Gasteiger partial charge in [0.05, 0.1) is 23.4 Å². The van der Waals surface area contributed by atoms with Crippen molar-refractivity contribution in [3.63, 3.8) is 0 Å². The quantitative estimate of drug-likeness (QED) is 0.276. The molecule has 0 bridgehead atoms. The molecule has 1 aliphatic heterocycles. The molecule has 0 spiro atoms. The highest BCUT2D eigenvalue weighted by atomic mass is 35.5. The van der Waals surface area contributed by atoms with E-state index in [2.05, 4.69) is 15.2 Å². The Morgan fingerprint density at radius 3 is 2.59 bits per heavy atom. The molecule has 1 fully saturated rings. The van der Waals surface area contributed by atoms with E-state index >= 15 is 0 Å². The Kier molecular flexibility index (Phi) is 6.46. The third-order valence-corrected chi connectivity index (χ3v) is 6.50. The molecule has 0 saturated carbocycles. The monoisotopic (exact) mass is 509 g/mol. The van der Waals surface area contributed by atoms with E-state index in [1.54, 1.807) is 18.3 Å². The Hall–Kier alpha value is -3.06. The van der Waals surface area contributed by atoms with Crippen molar-refractivity contribution < 1.29 is 9.15 Å². The summed E-state index contributed by atoms with van der Waals surface area (Å²) in [6.07, 6.45) is 1.78. The Bertz CT molecular complexity index is 1310. The van der Waals surface area contributed by atoms with Gasteiger partial charge in [-0.25, -0.2) is 0 Å². The number of hydrogen-bond acceptors (Lipinski definition) is 4. The molecule has 3 heterocycles. The first-order chi connectivity index (χ1) is 16.5. The lowest BCUT2D eigenvalue weighted by Gasteiger charge is -2.26. The van der Waals surface area contributed by atoms with Crippen LogP contribution in [0.25, 0.3) is 11.3 Å². The van der Waals surface area contributed by atoms with Crippen molar-refractivity contribution in [2.45, 2.75) is 19.0 Å². The number of nitrogens with one attached hydrogen (secondary N) is 1. The van der Waals surface area contributed by atoms with Gasteiger partial charge in [0.2, 0.25) is 0 Å². The summed E-state index contributed by atoms with van der Waals surface area (Å²) in [7, 11) is 0. The zero-order valence-corrected chi connectivity index (χ0v) is 20.6. The number of anilines is 1. The minimum Gasteiger partial charge on any atom is -0.494 e. The van der Waals surface area contributed by atoms with Gasteiger partial charge in [-0.15, -0.1) is 0 Å². The first kappa shape index (κ1) is 22.7. The van der Waals surface area contributed by atoms with Crippen LogP contribution in [0.3, 0.4) is 0 Å². The fourth-order valence-electron chi connectivity index (χ4n) is 4.14. The lowest BCUT2D eigenvalue weighted by molar-refractivity contribution is 0.340. The van der Waals surface area contributed by atoms with E-state index in [1.807, 2.05) is 67.6 Å². The molecule has 2 aromatic heterocycles. The average molecular weight is 510 g/mol. The number of hydrogen-bond donors (Lipinski definition) is 1. The van der Waals surface area contributed by atoms with E-state index in [0.29, 0.717) is 27.5 Å². The summed E-state index contributed by atoms with van der Waals surface area (Å²) < 4.78 is 12.0. The van der Waals surface area contributed by atoms with Crippen molar-refractivity contribution in [1.29, 1.82) is 0 Å². The number of thiocarbonyl (C=S) groups is 1. The van der Waals surface area contributed by atoms with Gasteiger partial charge in [0.1, 0.15) is 23.3 Å². The van der Waals surface area contributed by atoms with E-state index < -0.39 is 0 Å². The minimum atomic E-state index is -0.264. The summed E-state index contributed by atoms with van der Waals surface area (Å²) in [6, 6.07) is 22.4.